The zero-order valence-corrected chi connectivity index (χ0v) is 8.80. The van der Waals surface area contributed by atoms with Crippen LogP contribution in [0.4, 0.5) is 0 Å². The van der Waals surface area contributed by atoms with E-state index < -0.39 is 0 Å². The Hall–Kier alpha value is -1.51. The van der Waals surface area contributed by atoms with Gasteiger partial charge in [-0.05, 0) is 5.56 Å². The summed E-state index contributed by atoms with van der Waals surface area (Å²) in [7, 11) is 0. The predicted molar refractivity (Wildman–Crippen MR) is 58.2 cm³/mol. The summed E-state index contributed by atoms with van der Waals surface area (Å²) in [6.45, 7) is 5.19. The van der Waals surface area contributed by atoms with E-state index in [0.29, 0.717) is 6.54 Å². The van der Waals surface area contributed by atoms with Gasteiger partial charge >= 0.3 is 0 Å². The van der Waals surface area contributed by atoms with Crippen molar-refractivity contribution in [3.8, 4) is 0 Å². The van der Waals surface area contributed by atoms with Crippen molar-refractivity contribution in [1.82, 2.24) is 0 Å². The van der Waals surface area contributed by atoms with E-state index in [-0.39, 0.29) is 6.04 Å². The fourth-order valence-corrected chi connectivity index (χ4v) is 1.96. The number of hydrogen-bond acceptors (Lipinski definition) is 1. The molecule has 78 valence electrons. The third kappa shape index (κ3) is 2.29. The van der Waals surface area contributed by atoms with Crippen molar-refractivity contribution < 1.29 is 9.33 Å². The van der Waals surface area contributed by atoms with Gasteiger partial charge in [-0.15, -0.1) is 0 Å². The Bertz CT molecular complexity index is 370. The van der Waals surface area contributed by atoms with Gasteiger partial charge in [-0.25, -0.2) is 0 Å². The first-order valence-electron chi connectivity index (χ1n) is 5.35. The van der Waals surface area contributed by atoms with Crippen LogP contribution in [0.25, 0.3) is 6.08 Å². The minimum absolute atomic E-state index is 0.157. The zero-order valence-electron chi connectivity index (χ0n) is 8.80. The van der Waals surface area contributed by atoms with Crippen LogP contribution in [0.2, 0.25) is 0 Å². The Labute approximate surface area is 89.6 Å². The largest absolute Gasteiger partial charge is 0.259 e. The van der Waals surface area contributed by atoms with Gasteiger partial charge in [-0.2, -0.15) is 4.57 Å². The number of nitroso groups, excluding NO2 is 1. The molecule has 3 heteroatoms. The lowest BCUT2D eigenvalue weighted by atomic mass is 10.2. The van der Waals surface area contributed by atoms with E-state index in [4.69, 9.17) is 0 Å². The lowest BCUT2D eigenvalue weighted by Gasteiger charge is -1.98. The fourth-order valence-electron chi connectivity index (χ4n) is 1.96. The second-order valence-electron chi connectivity index (χ2n) is 3.97. The molecule has 0 N–H and O–H groups in total. The van der Waals surface area contributed by atoms with Gasteiger partial charge in [0, 0.05) is 34.6 Å². The number of rotatable bonds is 3. The van der Waals surface area contributed by atoms with Crippen LogP contribution in [-0.4, -0.2) is 17.3 Å². The van der Waals surface area contributed by atoms with E-state index in [1.807, 2.05) is 30.6 Å². The molecule has 0 spiro atoms. The molecule has 0 saturated carbocycles. The summed E-state index contributed by atoms with van der Waals surface area (Å²) in [6, 6.07) is 4.18. The average molecular weight is 204 g/mol. The normalized spacial score (nSPS) is 20.5. The quantitative estimate of drug-likeness (QED) is 0.685. The first kappa shape index (κ1) is 10.0. The monoisotopic (exact) mass is 204 g/mol. The third-order valence-corrected chi connectivity index (χ3v) is 2.90. The summed E-state index contributed by atoms with van der Waals surface area (Å²) in [4.78, 5) is 11.4. The van der Waals surface area contributed by atoms with Gasteiger partial charge in [0.25, 0.3) is 6.04 Å². The average Bonchev–Trinajstić information content (AvgIpc) is 2.66. The fraction of sp³-hybridized carbons (Fsp3) is 0.417. The Morgan fingerprint density at radius 1 is 1.47 bits per heavy atom. The van der Waals surface area contributed by atoms with E-state index in [1.54, 1.807) is 0 Å². The van der Waals surface area contributed by atoms with Crippen LogP contribution in [0.3, 0.4) is 0 Å². The van der Waals surface area contributed by atoms with Gasteiger partial charge in [0.15, 0.2) is 18.9 Å². The van der Waals surface area contributed by atoms with Crippen LogP contribution in [-0.2, 0) is 6.54 Å². The Morgan fingerprint density at radius 3 is 2.73 bits per heavy atom. The van der Waals surface area contributed by atoms with Gasteiger partial charge in [-0.1, -0.05) is 12.7 Å². The predicted octanol–water partition coefficient (Wildman–Crippen LogP) is 1.56. The van der Waals surface area contributed by atoms with E-state index in [9.17, 15) is 4.91 Å². The molecular weight excluding hydrogens is 188 g/mol. The molecule has 0 aliphatic carbocycles. The summed E-state index contributed by atoms with van der Waals surface area (Å²) in [5, 5.41) is 0. The highest BCUT2D eigenvalue weighted by molar-refractivity contribution is 5.44. The number of hydrogen-bond donors (Lipinski definition) is 0. The molecule has 0 amide bonds. The molecule has 2 rings (SSSR count). The first-order valence-corrected chi connectivity index (χ1v) is 5.35. The molecule has 1 aliphatic heterocycles. The second-order valence-corrected chi connectivity index (χ2v) is 3.97. The molecule has 2 heterocycles. The van der Waals surface area contributed by atoms with E-state index in [0.717, 1.165) is 24.9 Å². The maximum absolute atomic E-state index is 11.4. The Morgan fingerprint density at radius 2 is 2.20 bits per heavy atom. The van der Waals surface area contributed by atoms with E-state index in [1.165, 1.54) is 4.76 Å². The maximum atomic E-state index is 11.4. The smallest absolute Gasteiger partial charge is 0.198 e. The molecule has 3 nitrogen and oxygen atoms in total. The van der Waals surface area contributed by atoms with Crippen molar-refractivity contribution in [2.45, 2.75) is 25.4 Å². The topological polar surface area (TPSA) is 24.0 Å². The molecule has 0 bridgehead atoms. The first-order chi connectivity index (χ1) is 7.29. The van der Waals surface area contributed by atoms with Gasteiger partial charge < -0.3 is 0 Å². The molecule has 0 aromatic carbocycles. The molecule has 1 aliphatic rings. The molecule has 15 heavy (non-hydrogen) atoms. The third-order valence-electron chi connectivity index (χ3n) is 2.90. The summed E-state index contributed by atoms with van der Waals surface area (Å²) in [5.41, 5.74) is 1.11. The highest BCUT2D eigenvalue weighted by atomic mass is 16.3. The zero-order chi connectivity index (χ0) is 10.7. The number of aromatic nitrogens is 1. The molecular formula is C12H16N2O+2. The Kier molecular flexibility index (Phi) is 2.90. The van der Waals surface area contributed by atoms with Crippen LogP contribution < -0.4 is 4.57 Å². The van der Waals surface area contributed by atoms with Crippen molar-refractivity contribution in [1.29, 1.82) is 0 Å². The standard InChI is InChI=1S/C12H16N2O/c1-2-11-5-8-13(9-6-11)10-12-4-3-7-14(12)15/h2,5-6,8-9,12H,1,3-4,7,10H2/q+2. The van der Waals surface area contributed by atoms with E-state index >= 15 is 0 Å². The van der Waals surface area contributed by atoms with Crippen LogP contribution >= 0.6 is 0 Å². The van der Waals surface area contributed by atoms with Gasteiger partial charge in [0.2, 0.25) is 6.54 Å². The number of pyridine rings is 1. The lowest BCUT2D eigenvalue weighted by molar-refractivity contribution is -0.736. The van der Waals surface area contributed by atoms with Crippen LogP contribution in [0.15, 0.2) is 31.1 Å². The molecule has 1 aromatic rings. The van der Waals surface area contributed by atoms with Crippen LogP contribution in [0.1, 0.15) is 18.4 Å². The number of nitrogens with zero attached hydrogens (tertiary/aromatic N) is 2. The summed E-state index contributed by atoms with van der Waals surface area (Å²) < 4.78 is 3.27. The van der Waals surface area contributed by atoms with Crippen molar-refractivity contribution in [3.05, 3.63) is 41.6 Å². The molecule has 1 unspecified atom stereocenters. The second kappa shape index (κ2) is 4.34. The van der Waals surface area contributed by atoms with Crippen molar-refractivity contribution >= 4 is 6.08 Å². The van der Waals surface area contributed by atoms with Crippen LogP contribution in [0, 0.1) is 4.91 Å². The summed E-state index contributed by atoms with van der Waals surface area (Å²) in [5.74, 6) is 0. The van der Waals surface area contributed by atoms with Gasteiger partial charge in [-0.3, -0.25) is 0 Å². The SMILES string of the molecule is C=Cc1cc[n+](CC2CCC[N+]2=O)cc1. The van der Waals surface area contributed by atoms with Gasteiger partial charge in [0.1, 0.15) is 0 Å². The molecule has 0 radical (unpaired) electrons. The highest BCUT2D eigenvalue weighted by Gasteiger charge is 2.34. The minimum Gasteiger partial charge on any atom is -0.198 e. The summed E-state index contributed by atoms with van der Waals surface area (Å²) in [6.07, 6.45) is 7.87. The maximum Gasteiger partial charge on any atom is 0.259 e. The van der Waals surface area contributed by atoms with Crippen molar-refractivity contribution in [2.75, 3.05) is 6.54 Å². The van der Waals surface area contributed by atoms with E-state index in [2.05, 4.69) is 11.1 Å². The van der Waals surface area contributed by atoms with Gasteiger partial charge in [0.05, 0.1) is 0 Å². The molecule has 1 atom stereocenters. The lowest BCUT2D eigenvalue weighted by Crippen LogP contribution is -2.41. The Balaban J connectivity index is 2.04. The molecule has 1 aromatic heterocycles. The van der Waals surface area contributed by atoms with Crippen molar-refractivity contribution in [3.63, 3.8) is 0 Å². The minimum atomic E-state index is 0.157. The van der Waals surface area contributed by atoms with Crippen LogP contribution in [0.5, 0.6) is 0 Å². The highest BCUT2D eigenvalue weighted by Crippen LogP contribution is 2.11. The summed E-state index contributed by atoms with van der Waals surface area (Å²) >= 11 is 0. The van der Waals surface area contributed by atoms with Crippen molar-refractivity contribution in [2.24, 2.45) is 0 Å². The molecule has 1 fully saturated rings. The molecule has 1 saturated heterocycles.